The fourth-order valence-corrected chi connectivity index (χ4v) is 3.79. The molecule has 0 aliphatic heterocycles. The number of hydrogen-bond acceptors (Lipinski definition) is 6. The van der Waals surface area contributed by atoms with Gasteiger partial charge in [0.25, 0.3) is 12.3 Å². The van der Waals surface area contributed by atoms with Crippen molar-refractivity contribution in [1.82, 2.24) is 29.7 Å². The summed E-state index contributed by atoms with van der Waals surface area (Å²) in [5, 5.41) is 6.99. The Morgan fingerprint density at radius 2 is 1.93 bits per heavy atom. The number of nitrogens with zero attached hydrogens (tertiary/aromatic N) is 5. The summed E-state index contributed by atoms with van der Waals surface area (Å²) in [7, 11) is 4.87. The van der Waals surface area contributed by atoms with E-state index < -0.39 is 18.7 Å². The van der Waals surface area contributed by atoms with E-state index in [1.54, 1.807) is 44.4 Å². The van der Waals surface area contributed by atoms with Crippen molar-refractivity contribution in [2.45, 2.75) is 39.5 Å². The van der Waals surface area contributed by atoms with Crippen molar-refractivity contribution in [3.05, 3.63) is 77.5 Å². The van der Waals surface area contributed by atoms with Crippen LogP contribution in [0.4, 0.5) is 13.2 Å². The second kappa shape index (κ2) is 13.6. The zero-order valence-electron chi connectivity index (χ0n) is 23.1. The summed E-state index contributed by atoms with van der Waals surface area (Å²) in [5.41, 5.74) is 0.845. The second-order valence-corrected chi connectivity index (χ2v) is 9.27. The molecule has 0 spiro atoms. The summed E-state index contributed by atoms with van der Waals surface area (Å²) < 4.78 is 48.2. The van der Waals surface area contributed by atoms with Gasteiger partial charge >= 0.3 is 0 Å². The van der Waals surface area contributed by atoms with E-state index in [0.29, 0.717) is 24.1 Å². The molecule has 0 bridgehead atoms. The Kier molecular flexibility index (Phi) is 10.3. The van der Waals surface area contributed by atoms with Crippen LogP contribution in [-0.2, 0) is 4.79 Å². The number of benzene rings is 1. The molecule has 40 heavy (non-hydrogen) atoms. The third-order valence-electron chi connectivity index (χ3n) is 5.77. The van der Waals surface area contributed by atoms with E-state index in [4.69, 9.17) is 4.74 Å². The highest BCUT2D eigenvalue weighted by molar-refractivity contribution is 6.02. The minimum absolute atomic E-state index is 0.0200. The molecule has 2 amide bonds. The first-order chi connectivity index (χ1) is 19.0. The number of likely N-dealkylation sites (N-methyl/N-ethyl adjacent to an activating group) is 2. The Hall–Kier alpha value is -4.35. The van der Waals surface area contributed by atoms with Gasteiger partial charge in [0.2, 0.25) is 12.3 Å². The molecule has 1 N–H and O–H groups in total. The lowest BCUT2D eigenvalue weighted by atomic mass is 9.97. The van der Waals surface area contributed by atoms with Crippen LogP contribution in [-0.4, -0.2) is 70.3 Å². The number of nitrogens with one attached hydrogen (secondary N) is 1. The number of halogens is 3. The van der Waals surface area contributed by atoms with Crippen molar-refractivity contribution in [3.8, 4) is 5.75 Å². The third-order valence-corrected chi connectivity index (χ3v) is 5.77. The summed E-state index contributed by atoms with van der Waals surface area (Å²) in [6.45, 7) is 3.07. The van der Waals surface area contributed by atoms with E-state index >= 15 is 0 Å². The molecule has 2 heterocycles. The molecule has 1 unspecified atom stereocenters. The number of allylic oxidation sites excluding steroid dienone is 2. The molecule has 1 atom stereocenters. The van der Waals surface area contributed by atoms with Gasteiger partial charge in [0, 0.05) is 63.4 Å². The topological polar surface area (TPSA) is 92.1 Å². The lowest BCUT2D eigenvalue weighted by molar-refractivity contribution is -0.129. The molecule has 0 fully saturated rings. The molecule has 214 valence electrons. The predicted octanol–water partition coefficient (Wildman–Crippen LogP) is 4.84. The van der Waals surface area contributed by atoms with E-state index in [0.717, 1.165) is 6.07 Å². The van der Waals surface area contributed by atoms with Gasteiger partial charge in [0.05, 0.1) is 18.4 Å². The normalized spacial score (nSPS) is 12.9. The molecule has 1 aromatic carbocycles. The van der Waals surface area contributed by atoms with Crippen LogP contribution >= 0.6 is 0 Å². The van der Waals surface area contributed by atoms with Crippen molar-refractivity contribution in [2.24, 2.45) is 0 Å². The van der Waals surface area contributed by atoms with E-state index in [1.807, 2.05) is 6.92 Å². The molecule has 0 aliphatic rings. The van der Waals surface area contributed by atoms with Crippen molar-refractivity contribution >= 4 is 23.0 Å². The number of hydrogen-bond donors (Lipinski definition) is 1. The molecule has 9 nitrogen and oxygen atoms in total. The van der Waals surface area contributed by atoms with E-state index in [9.17, 15) is 22.8 Å². The third kappa shape index (κ3) is 7.61. The monoisotopic (exact) mass is 558 g/mol. The maximum atomic E-state index is 14.0. The van der Waals surface area contributed by atoms with Gasteiger partial charge in [-0.3, -0.25) is 9.59 Å². The van der Waals surface area contributed by atoms with Gasteiger partial charge in [0.1, 0.15) is 11.3 Å². The van der Waals surface area contributed by atoms with Gasteiger partial charge in [-0.1, -0.05) is 19.4 Å². The Morgan fingerprint density at radius 1 is 1.18 bits per heavy atom. The van der Waals surface area contributed by atoms with Gasteiger partial charge < -0.3 is 19.9 Å². The maximum absolute atomic E-state index is 14.0. The number of rotatable bonds is 12. The number of unbranched alkanes of at least 4 members (excludes halogenated alkanes) is 1. The van der Waals surface area contributed by atoms with Gasteiger partial charge in [-0.05, 0) is 30.7 Å². The molecule has 3 rings (SSSR count). The number of ether oxygens (including phenoxy) is 1. The number of carbonyl (C=O) groups excluding carboxylic acids is 2. The Bertz CT molecular complexity index is 1400. The van der Waals surface area contributed by atoms with Crippen LogP contribution in [0, 0.1) is 0 Å². The molecule has 2 aromatic heterocycles. The number of carbonyl (C=O) groups is 2. The van der Waals surface area contributed by atoms with Crippen molar-refractivity contribution in [3.63, 3.8) is 0 Å². The molecule has 0 saturated heterocycles. The average molecular weight is 559 g/mol. The Labute approximate surface area is 230 Å². The van der Waals surface area contributed by atoms with Crippen LogP contribution in [0.1, 0.15) is 54.6 Å². The van der Waals surface area contributed by atoms with Crippen LogP contribution in [0.3, 0.4) is 0 Å². The minimum Gasteiger partial charge on any atom is -0.460 e. The molecular formula is C28H33F3N6O3. The number of alkyl halides is 3. The summed E-state index contributed by atoms with van der Waals surface area (Å²) in [4.78, 5) is 33.1. The highest BCUT2D eigenvalue weighted by Gasteiger charge is 2.23. The summed E-state index contributed by atoms with van der Waals surface area (Å²) in [5.74, 6) is -0.752. The zero-order valence-corrected chi connectivity index (χ0v) is 23.1. The SMILES string of the molecule is CCC/C=C(/C(=C\N(C)CC(=O)N(C)C)NC(=O)c1cnn2cccnc12)c1cc(C(F)F)ccc1OC(C)F. The Balaban J connectivity index is 2.17. The predicted molar refractivity (Wildman–Crippen MR) is 145 cm³/mol. The fraction of sp³-hybridized carbons (Fsp3) is 0.357. The average Bonchev–Trinajstić information content (AvgIpc) is 3.33. The highest BCUT2D eigenvalue weighted by Crippen LogP contribution is 2.35. The minimum atomic E-state index is -2.80. The molecular weight excluding hydrogens is 525 g/mol. The van der Waals surface area contributed by atoms with Gasteiger partial charge in [-0.25, -0.2) is 22.7 Å². The molecule has 12 heteroatoms. The van der Waals surface area contributed by atoms with Crippen LogP contribution in [0.2, 0.25) is 0 Å². The Morgan fingerprint density at radius 3 is 2.58 bits per heavy atom. The first-order valence-electron chi connectivity index (χ1n) is 12.7. The van der Waals surface area contributed by atoms with Crippen molar-refractivity contribution in [1.29, 1.82) is 0 Å². The van der Waals surface area contributed by atoms with E-state index in [-0.39, 0.29) is 40.6 Å². The molecule has 0 radical (unpaired) electrons. The van der Waals surface area contributed by atoms with E-state index in [2.05, 4.69) is 15.4 Å². The van der Waals surface area contributed by atoms with E-state index in [1.165, 1.54) is 47.1 Å². The standard InChI is InChI=1S/C28H33F3N6O3/c1-6-7-9-20(21-14-19(26(30)31)10-11-24(21)40-18(2)29)23(16-36(5)17-25(38)35(3)4)34-28(39)22-15-33-37-13-8-12-32-27(22)37/h8-16,18,26H,6-7,17H2,1-5H3,(H,34,39)/b20-9+,23-16+. The summed E-state index contributed by atoms with van der Waals surface area (Å²) in [6, 6.07) is 5.32. The summed E-state index contributed by atoms with van der Waals surface area (Å²) in [6.07, 6.45) is 4.48. The first-order valence-corrected chi connectivity index (χ1v) is 12.7. The van der Waals surface area contributed by atoms with Gasteiger partial charge in [0.15, 0.2) is 5.65 Å². The number of amides is 2. The highest BCUT2D eigenvalue weighted by atomic mass is 19.3. The van der Waals surface area contributed by atoms with Crippen molar-refractivity contribution < 1.29 is 27.5 Å². The number of aromatic nitrogens is 3. The first kappa shape index (κ1) is 30.2. The van der Waals surface area contributed by atoms with Crippen LogP contribution in [0.15, 0.2) is 60.8 Å². The molecule has 0 aliphatic carbocycles. The number of fused-ring (bicyclic) bond motifs is 1. The maximum Gasteiger partial charge on any atom is 0.263 e. The van der Waals surface area contributed by atoms with Gasteiger partial charge in [-0.2, -0.15) is 5.10 Å². The summed E-state index contributed by atoms with van der Waals surface area (Å²) >= 11 is 0. The zero-order chi connectivity index (χ0) is 29.4. The van der Waals surface area contributed by atoms with Crippen LogP contribution in [0.5, 0.6) is 5.75 Å². The van der Waals surface area contributed by atoms with Crippen molar-refractivity contribution in [2.75, 3.05) is 27.7 Å². The van der Waals surface area contributed by atoms with Crippen LogP contribution in [0.25, 0.3) is 11.2 Å². The van der Waals surface area contributed by atoms with Gasteiger partial charge in [-0.15, -0.1) is 0 Å². The quantitative estimate of drug-likeness (QED) is 0.320. The largest absolute Gasteiger partial charge is 0.460 e. The molecule has 3 aromatic rings. The fourth-order valence-electron chi connectivity index (χ4n) is 3.79. The lowest BCUT2D eigenvalue weighted by Crippen LogP contribution is -2.33. The lowest BCUT2D eigenvalue weighted by Gasteiger charge is -2.23. The van der Waals surface area contributed by atoms with Crippen LogP contribution < -0.4 is 10.1 Å². The smallest absolute Gasteiger partial charge is 0.263 e. The molecule has 0 saturated carbocycles. The second-order valence-electron chi connectivity index (χ2n) is 9.27.